The highest BCUT2D eigenvalue weighted by Gasteiger charge is 2.34. The molecule has 1 aromatic carbocycles. The summed E-state index contributed by atoms with van der Waals surface area (Å²) in [7, 11) is 0. The average molecular weight is 399 g/mol. The van der Waals surface area contributed by atoms with E-state index in [9.17, 15) is 9.59 Å². The van der Waals surface area contributed by atoms with Crippen LogP contribution in [-0.4, -0.2) is 66.4 Å². The fraction of sp³-hybridized carbons (Fsp3) is 0.652. The Morgan fingerprint density at radius 3 is 2.31 bits per heavy atom. The number of amides is 2. The monoisotopic (exact) mass is 398 g/mol. The summed E-state index contributed by atoms with van der Waals surface area (Å²) < 4.78 is 0. The number of rotatable bonds is 6. The third-order valence-electron chi connectivity index (χ3n) is 7.06. The van der Waals surface area contributed by atoms with Gasteiger partial charge in [-0.05, 0) is 69.3 Å². The number of piperidine rings is 2. The lowest BCUT2D eigenvalue weighted by Gasteiger charge is -2.43. The van der Waals surface area contributed by atoms with E-state index in [0.717, 1.165) is 39.0 Å². The number of carbonyl (C=O) groups is 2. The van der Waals surface area contributed by atoms with E-state index in [1.165, 1.54) is 36.8 Å². The minimum atomic E-state index is -0.368. The number of hydrogen-bond acceptors (Lipinski definition) is 4. The van der Waals surface area contributed by atoms with E-state index in [2.05, 4.69) is 39.4 Å². The number of nitrogens with zero attached hydrogens (tertiary/aromatic N) is 2. The Bertz CT molecular complexity index is 704. The molecule has 3 aliphatic rings. The Kier molecular flexibility index (Phi) is 6.50. The SMILES string of the molecule is NC(=O)CCNC(=O)[C@H]1CCCN(C2CCN(C3Cc4ccccc4C3)CC2)C1. The highest BCUT2D eigenvalue weighted by Crippen LogP contribution is 2.29. The summed E-state index contributed by atoms with van der Waals surface area (Å²) >= 11 is 0. The number of hydrogen-bond donors (Lipinski definition) is 2. The van der Waals surface area contributed by atoms with Crippen molar-refractivity contribution in [1.82, 2.24) is 15.1 Å². The van der Waals surface area contributed by atoms with Crippen LogP contribution >= 0.6 is 0 Å². The molecule has 29 heavy (non-hydrogen) atoms. The predicted octanol–water partition coefficient (Wildman–Crippen LogP) is 1.32. The van der Waals surface area contributed by atoms with Gasteiger partial charge in [0.15, 0.2) is 0 Å². The van der Waals surface area contributed by atoms with Gasteiger partial charge in [-0.3, -0.25) is 19.4 Å². The number of nitrogens with one attached hydrogen (secondary N) is 1. The summed E-state index contributed by atoms with van der Waals surface area (Å²) in [4.78, 5) is 28.5. The first-order chi connectivity index (χ1) is 14.1. The van der Waals surface area contributed by atoms with E-state index >= 15 is 0 Å². The molecule has 0 spiro atoms. The van der Waals surface area contributed by atoms with E-state index in [1.54, 1.807) is 0 Å². The van der Waals surface area contributed by atoms with Crippen LogP contribution in [0.25, 0.3) is 0 Å². The number of primary amides is 1. The van der Waals surface area contributed by atoms with E-state index in [1.807, 2.05) is 0 Å². The van der Waals surface area contributed by atoms with Crippen molar-refractivity contribution in [3.63, 3.8) is 0 Å². The third kappa shape index (κ3) is 4.98. The maximum atomic E-state index is 12.4. The largest absolute Gasteiger partial charge is 0.370 e. The van der Waals surface area contributed by atoms with E-state index in [4.69, 9.17) is 5.73 Å². The molecule has 6 heteroatoms. The summed E-state index contributed by atoms with van der Waals surface area (Å²) in [6.07, 6.45) is 7.01. The molecule has 0 unspecified atom stereocenters. The zero-order valence-corrected chi connectivity index (χ0v) is 17.3. The van der Waals surface area contributed by atoms with Crippen molar-refractivity contribution < 1.29 is 9.59 Å². The van der Waals surface area contributed by atoms with Gasteiger partial charge in [0, 0.05) is 31.6 Å². The lowest BCUT2D eigenvalue weighted by molar-refractivity contribution is -0.127. The zero-order chi connectivity index (χ0) is 20.2. The standard InChI is InChI=1S/C23H34N4O2/c24-22(28)7-10-25-23(29)19-6-3-11-27(16-19)20-8-12-26(13-9-20)21-14-17-4-1-2-5-18(17)15-21/h1-2,4-5,19-21H,3,6-16H2,(H2,24,28)(H,25,29)/t19-/m0/s1. The van der Waals surface area contributed by atoms with Crippen molar-refractivity contribution in [2.75, 3.05) is 32.7 Å². The molecule has 0 radical (unpaired) electrons. The molecule has 2 heterocycles. The van der Waals surface area contributed by atoms with Gasteiger partial charge in [0.2, 0.25) is 11.8 Å². The van der Waals surface area contributed by atoms with Crippen LogP contribution in [-0.2, 0) is 22.4 Å². The molecule has 4 rings (SSSR count). The molecule has 158 valence electrons. The van der Waals surface area contributed by atoms with Crippen LogP contribution in [0.3, 0.4) is 0 Å². The quantitative estimate of drug-likeness (QED) is 0.758. The molecular formula is C23H34N4O2. The van der Waals surface area contributed by atoms with Crippen molar-refractivity contribution in [2.24, 2.45) is 11.7 Å². The normalized spacial score (nSPS) is 24.3. The number of nitrogens with two attached hydrogens (primary N) is 1. The molecule has 2 aliphatic heterocycles. The summed E-state index contributed by atoms with van der Waals surface area (Å²) in [5, 5.41) is 2.89. The van der Waals surface area contributed by atoms with E-state index in [-0.39, 0.29) is 24.2 Å². The molecule has 2 amide bonds. The van der Waals surface area contributed by atoms with Gasteiger partial charge in [0.1, 0.15) is 0 Å². The maximum absolute atomic E-state index is 12.4. The van der Waals surface area contributed by atoms with Crippen molar-refractivity contribution in [3.05, 3.63) is 35.4 Å². The number of fused-ring (bicyclic) bond motifs is 1. The molecule has 6 nitrogen and oxygen atoms in total. The maximum Gasteiger partial charge on any atom is 0.224 e. The van der Waals surface area contributed by atoms with Crippen LogP contribution < -0.4 is 11.1 Å². The number of likely N-dealkylation sites (tertiary alicyclic amines) is 2. The molecule has 2 fully saturated rings. The Hall–Kier alpha value is -1.92. The first-order valence-electron chi connectivity index (χ1n) is 11.2. The molecular weight excluding hydrogens is 364 g/mol. The smallest absolute Gasteiger partial charge is 0.224 e. The topological polar surface area (TPSA) is 78.7 Å². The van der Waals surface area contributed by atoms with Gasteiger partial charge in [-0.15, -0.1) is 0 Å². The highest BCUT2D eigenvalue weighted by molar-refractivity contribution is 5.80. The van der Waals surface area contributed by atoms with Crippen LogP contribution in [0.5, 0.6) is 0 Å². The predicted molar refractivity (Wildman–Crippen MR) is 113 cm³/mol. The second-order valence-corrected chi connectivity index (χ2v) is 8.94. The van der Waals surface area contributed by atoms with Crippen LogP contribution in [0.2, 0.25) is 0 Å². The van der Waals surface area contributed by atoms with E-state index < -0.39 is 0 Å². The van der Waals surface area contributed by atoms with E-state index in [0.29, 0.717) is 18.6 Å². The summed E-state index contributed by atoms with van der Waals surface area (Å²) in [6.45, 7) is 4.63. The lowest BCUT2D eigenvalue weighted by Crippen LogP contribution is -2.52. The van der Waals surface area contributed by atoms with Gasteiger partial charge in [0.25, 0.3) is 0 Å². The van der Waals surface area contributed by atoms with Crippen LogP contribution in [0, 0.1) is 5.92 Å². The van der Waals surface area contributed by atoms with Crippen molar-refractivity contribution in [1.29, 1.82) is 0 Å². The van der Waals surface area contributed by atoms with Crippen molar-refractivity contribution in [3.8, 4) is 0 Å². The molecule has 1 aliphatic carbocycles. The summed E-state index contributed by atoms with van der Waals surface area (Å²) in [5.74, 6) is -0.246. The number of carbonyl (C=O) groups excluding carboxylic acids is 2. The minimum absolute atomic E-state index is 0.0407. The minimum Gasteiger partial charge on any atom is -0.370 e. The third-order valence-corrected chi connectivity index (χ3v) is 7.06. The molecule has 1 aromatic rings. The van der Waals surface area contributed by atoms with Gasteiger partial charge in [-0.25, -0.2) is 0 Å². The molecule has 0 bridgehead atoms. The van der Waals surface area contributed by atoms with Crippen LogP contribution in [0.1, 0.15) is 43.2 Å². The van der Waals surface area contributed by atoms with Crippen LogP contribution in [0.15, 0.2) is 24.3 Å². The Morgan fingerprint density at radius 1 is 0.966 bits per heavy atom. The fourth-order valence-electron chi connectivity index (χ4n) is 5.42. The lowest BCUT2D eigenvalue weighted by atomic mass is 9.92. The molecule has 2 saturated heterocycles. The zero-order valence-electron chi connectivity index (χ0n) is 17.3. The molecule has 3 N–H and O–H groups in total. The van der Waals surface area contributed by atoms with Gasteiger partial charge in [0.05, 0.1) is 5.92 Å². The Labute approximate surface area is 173 Å². The fourth-order valence-corrected chi connectivity index (χ4v) is 5.42. The Balaban J connectivity index is 1.23. The van der Waals surface area contributed by atoms with Gasteiger partial charge < -0.3 is 11.1 Å². The second kappa shape index (κ2) is 9.26. The van der Waals surface area contributed by atoms with Crippen molar-refractivity contribution in [2.45, 2.75) is 57.0 Å². The first kappa shape index (κ1) is 20.4. The second-order valence-electron chi connectivity index (χ2n) is 8.94. The molecule has 0 aromatic heterocycles. The molecule has 1 atom stereocenters. The first-order valence-corrected chi connectivity index (χ1v) is 11.2. The average Bonchev–Trinajstić information content (AvgIpc) is 3.18. The van der Waals surface area contributed by atoms with Crippen LogP contribution in [0.4, 0.5) is 0 Å². The van der Waals surface area contributed by atoms with Gasteiger partial charge in [-0.1, -0.05) is 24.3 Å². The number of benzene rings is 1. The van der Waals surface area contributed by atoms with Gasteiger partial charge >= 0.3 is 0 Å². The highest BCUT2D eigenvalue weighted by atomic mass is 16.2. The van der Waals surface area contributed by atoms with Gasteiger partial charge in [-0.2, -0.15) is 0 Å². The van der Waals surface area contributed by atoms with Crippen molar-refractivity contribution >= 4 is 11.8 Å². The summed E-state index contributed by atoms with van der Waals surface area (Å²) in [6, 6.07) is 10.1. The molecule has 0 saturated carbocycles. The Morgan fingerprint density at radius 2 is 1.66 bits per heavy atom. The summed E-state index contributed by atoms with van der Waals surface area (Å²) in [5.41, 5.74) is 8.21.